The number of nitrogens with zero attached hydrogens (tertiary/aromatic N) is 2. The van der Waals surface area contributed by atoms with Crippen LogP contribution in [0.25, 0.3) is 65.0 Å². The standard InChI is InChI=1S/C43H28N2OS/c1-4-11-29(12-5-1)31-19-21-34(22-20-31)45(35-18-10-17-33(27-35)30-13-6-2-7-14-30)36-23-25-39-37(28-36)41-40(47-39)26-24-38-42(41)44-43(46-38)32-15-8-3-9-16-32/h1-28H. The molecule has 0 aliphatic rings. The zero-order valence-corrected chi connectivity index (χ0v) is 26.2. The minimum absolute atomic E-state index is 0.640. The van der Waals surface area contributed by atoms with Gasteiger partial charge in [-0.2, -0.15) is 0 Å². The molecule has 222 valence electrons. The maximum atomic E-state index is 6.28. The van der Waals surface area contributed by atoms with Crippen LogP contribution in [-0.2, 0) is 0 Å². The molecular formula is C43H28N2OS. The second kappa shape index (κ2) is 11.4. The molecule has 0 amide bonds. The van der Waals surface area contributed by atoms with E-state index in [0.29, 0.717) is 5.89 Å². The van der Waals surface area contributed by atoms with E-state index in [0.717, 1.165) is 39.1 Å². The van der Waals surface area contributed by atoms with Crippen LogP contribution in [0, 0.1) is 0 Å². The normalized spacial score (nSPS) is 11.4. The molecule has 0 N–H and O–H groups in total. The number of thiophene rings is 1. The van der Waals surface area contributed by atoms with Crippen molar-refractivity contribution in [1.82, 2.24) is 4.98 Å². The summed E-state index contributed by atoms with van der Waals surface area (Å²) in [6, 6.07) is 59.8. The molecule has 0 saturated carbocycles. The van der Waals surface area contributed by atoms with E-state index in [1.807, 2.05) is 36.4 Å². The van der Waals surface area contributed by atoms with Crippen molar-refractivity contribution in [2.75, 3.05) is 4.90 Å². The van der Waals surface area contributed by atoms with Gasteiger partial charge >= 0.3 is 0 Å². The summed E-state index contributed by atoms with van der Waals surface area (Å²) in [5.74, 6) is 0.640. The van der Waals surface area contributed by atoms with Crippen molar-refractivity contribution in [3.63, 3.8) is 0 Å². The zero-order chi connectivity index (χ0) is 31.2. The highest BCUT2D eigenvalue weighted by molar-refractivity contribution is 7.26. The molecule has 9 aromatic rings. The van der Waals surface area contributed by atoms with Crippen LogP contribution in [0.4, 0.5) is 17.1 Å². The third-order valence-corrected chi connectivity index (χ3v) is 9.83. The molecular weight excluding hydrogens is 593 g/mol. The summed E-state index contributed by atoms with van der Waals surface area (Å²) in [6.07, 6.45) is 0. The number of oxazole rings is 1. The highest BCUT2D eigenvalue weighted by Gasteiger charge is 2.19. The van der Waals surface area contributed by atoms with Gasteiger partial charge in [0.15, 0.2) is 5.58 Å². The molecule has 0 radical (unpaired) electrons. The summed E-state index contributed by atoms with van der Waals surface area (Å²) in [5, 5.41) is 2.30. The number of fused-ring (bicyclic) bond motifs is 5. The van der Waals surface area contributed by atoms with Crippen molar-refractivity contribution in [2.45, 2.75) is 0 Å². The summed E-state index contributed by atoms with van der Waals surface area (Å²) < 4.78 is 8.70. The van der Waals surface area contributed by atoms with Crippen LogP contribution in [0.5, 0.6) is 0 Å². The Kier molecular flexibility index (Phi) is 6.65. The Morgan fingerprint density at radius 1 is 0.447 bits per heavy atom. The molecule has 4 heteroatoms. The van der Waals surface area contributed by atoms with E-state index < -0.39 is 0 Å². The minimum atomic E-state index is 0.640. The number of hydrogen-bond donors (Lipinski definition) is 0. The van der Waals surface area contributed by atoms with Crippen LogP contribution in [0.3, 0.4) is 0 Å². The number of benzene rings is 7. The first-order valence-corrected chi connectivity index (χ1v) is 16.5. The number of anilines is 3. The Balaban J connectivity index is 1.22. The monoisotopic (exact) mass is 620 g/mol. The molecule has 2 aromatic heterocycles. The quantitative estimate of drug-likeness (QED) is 0.185. The lowest BCUT2D eigenvalue weighted by molar-refractivity contribution is 0.620. The van der Waals surface area contributed by atoms with E-state index in [1.54, 1.807) is 11.3 Å². The lowest BCUT2D eigenvalue weighted by Crippen LogP contribution is -2.10. The van der Waals surface area contributed by atoms with Gasteiger partial charge in [-0.3, -0.25) is 0 Å². The predicted octanol–water partition coefficient (Wildman–Crippen LogP) is 12.7. The van der Waals surface area contributed by atoms with E-state index in [-0.39, 0.29) is 0 Å². The van der Waals surface area contributed by atoms with Crippen molar-refractivity contribution >= 4 is 59.7 Å². The first-order valence-electron chi connectivity index (χ1n) is 15.7. The fraction of sp³-hybridized carbons (Fsp3) is 0. The third-order valence-electron chi connectivity index (χ3n) is 8.70. The van der Waals surface area contributed by atoms with Crippen LogP contribution < -0.4 is 4.90 Å². The van der Waals surface area contributed by atoms with Gasteiger partial charge in [-0.1, -0.05) is 103 Å². The molecule has 0 aliphatic carbocycles. The first kappa shape index (κ1) is 27.3. The van der Waals surface area contributed by atoms with E-state index >= 15 is 0 Å². The zero-order valence-electron chi connectivity index (χ0n) is 25.4. The summed E-state index contributed by atoms with van der Waals surface area (Å²) in [5.41, 5.74) is 10.7. The van der Waals surface area contributed by atoms with E-state index in [2.05, 4.69) is 138 Å². The molecule has 0 unspecified atom stereocenters. The van der Waals surface area contributed by atoms with Crippen LogP contribution in [0.2, 0.25) is 0 Å². The highest BCUT2D eigenvalue weighted by Crippen LogP contribution is 2.44. The summed E-state index contributed by atoms with van der Waals surface area (Å²) in [7, 11) is 0. The van der Waals surface area contributed by atoms with Gasteiger partial charge in [0.25, 0.3) is 0 Å². The van der Waals surface area contributed by atoms with Gasteiger partial charge in [-0.15, -0.1) is 11.3 Å². The van der Waals surface area contributed by atoms with Gasteiger partial charge in [0.1, 0.15) is 5.52 Å². The van der Waals surface area contributed by atoms with Gasteiger partial charge in [0.05, 0.1) is 0 Å². The lowest BCUT2D eigenvalue weighted by atomic mass is 10.0. The fourth-order valence-corrected chi connectivity index (χ4v) is 7.51. The average Bonchev–Trinajstić information content (AvgIpc) is 3.75. The van der Waals surface area contributed by atoms with Gasteiger partial charge in [0.2, 0.25) is 5.89 Å². The Morgan fingerprint density at radius 2 is 1.02 bits per heavy atom. The Labute approximate surface area is 276 Å². The van der Waals surface area contributed by atoms with Crippen molar-refractivity contribution in [1.29, 1.82) is 0 Å². The average molecular weight is 621 g/mol. The Morgan fingerprint density at radius 3 is 1.74 bits per heavy atom. The number of aromatic nitrogens is 1. The van der Waals surface area contributed by atoms with Crippen LogP contribution in [0.15, 0.2) is 174 Å². The Hall–Kier alpha value is -5.97. The van der Waals surface area contributed by atoms with Crippen molar-refractivity contribution in [2.24, 2.45) is 0 Å². The topological polar surface area (TPSA) is 29.3 Å². The maximum Gasteiger partial charge on any atom is 0.227 e. The third kappa shape index (κ3) is 4.96. The van der Waals surface area contributed by atoms with Gasteiger partial charge in [-0.05, 0) is 89.0 Å². The maximum absolute atomic E-state index is 6.28. The molecule has 2 heterocycles. The van der Waals surface area contributed by atoms with Crippen LogP contribution in [0.1, 0.15) is 0 Å². The summed E-state index contributed by atoms with van der Waals surface area (Å²) in [6.45, 7) is 0. The van der Waals surface area contributed by atoms with E-state index in [9.17, 15) is 0 Å². The van der Waals surface area contributed by atoms with E-state index in [1.165, 1.54) is 37.0 Å². The largest absolute Gasteiger partial charge is 0.436 e. The smallest absolute Gasteiger partial charge is 0.227 e. The second-order valence-corrected chi connectivity index (χ2v) is 12.7. The molecule has 47 heavy (non-hydrogen) atoms. The molecule has 0 spiro atoms. The molecule has 0 aliphatic heterocycles. The molecule has 3 nitrogen and oxygen atoms in total. The van der Waals surface area contributed by atoms with E-state index in [4.69, 9.17) is 9.40 Å². The molecule has 9 rings (SSSR count). The van der Waals surface area contributed by atoms with Gasteiger partial charge in [0, 0.05) is 42.8 Å². The van der Waals surface area contributed by atoms with Crippen molar-refractivity contribution in [3.05, 3.63) is 170 Å². The first-order chi connectivity index (χ1) is 23.3. The van der Waals surface area contributed by atoms with Crippen LogP contribution in [-0.4, -0.2) is 4.98 Å². The summed E-state index contributed by atoms with van der Waals surface area (Å²) in [4.78, 5) is 7.38. The molecule has 0 saturated heterocycles. The van der Waals surface area contributed by atoms with Crippen molar-refractivity contribution in [3.8, 4) is 33.7 Å². The van der Waals surface area contributed by atoms with Crippen molar-refractivity contribution < 1.29 is 4.42 Å². The molecule has 7 aromatic carbocycles. The Bertz CT molecular complexity index is 2500. The number of hydrogen-bond acceptors (Lipinski definition) is 4. The highest BCUT2D eigenvalue weighted by atomic mass is 32.1. The van der Waals surface area contributed by atoms with Crippen LogP contribution >= 0.6 is 11.3 Å². The van der Waals surface area contributed by atoms with Gasteiger partial charge < -0.3 is 9.32 Å². The minimum Gasteiger partial charge on any atom is -0.436 e. The SMILES string of the molecule is c1ccc(-c2ccc(N(c3cccc(-c4ccccc4)c3)c3ccc4sc5ccc6oc(-c7ccccc7)nc6c5c4c3)cc2)cc1. The summed E-state index contributed by atoms with van der Waals surface area (Å²) >= 11 is 1.79. The molecule has 0 atom stereocenters. The fourth-order valence-electron chi connectivity index (χ4n) is 6.42. The molecule has 0 bridgehead atoms. The predicted molar refractivity (Wildman–Crippen MR) is 198 cm³/mol. The lowest BCUT2D eigenvalue weighted by Gasteiger charge is -2.26. The molecule has 0 fully saturated rings. The second-order valence-electron chi connectivity index (χ2n) is 11.6. The number of rotatable bonds is 6. The van der Waals surface area contributed by atoms with Gasteiger partial charge in [-0.25, -0.2) is 4.98 Å².